The Morgan fingerprint density at radius 2 is 0.889 bits per heavy atom. The molecule has 0 atom stereocenters. The first-order valence-electron chi connectivity index (χ1n) is 4.22. The number of hydrogen-bond donors (Lipinski definition) is 4. The summed E-state index contributed by atoms with van der Waals surface area (Å²) in [5.74, 6) is 0. The van der Waals surface area contributed by atoms with Gasteiger partial charge in [-0.1, -0.05) is 35.4 Å². The Labute approximate surface area is 116 Å². The molecule has 106 valence electrons. The largest absolute Gasteiger partial charge is 0.285 e. The third-order valence-electron chi connectivity index (χ3n) is 1.22. The molecule has 0 spiro atoms. The summed E-state index contributed by atoms with van der Waals surface area (Å²) in [6, 6.07) is 8.48. The maximum Gasteiger partial charge on any atom is 0.263 e. The van der Waals surface area contributed by atoms with E-state index in [2.05, 4.69) is 60.5 Å². The average molecular weight is 334 g/mol. The van der Waals surface area contributed by atoms with Crippen LogP contribution in [-0.2, 0) is 40.5 Å². The summed E-state index contributed by atoms with van der Waals surface area (Å²) >= 11 is 6.93. The van der Waals surface area contributed by atoms with E-state index >= 15 is 0 Å². The minimum Gasteiger partial charge on any atom is -0.285 e. The zero-order valence-electron chi connectivity index (χ0n) is 9.55. The van der Waals surface area contributed by atoms with Crippen LogP contribution in [0.1, 0.15) is 11.1 Å². The highest BCUT2D eigenvalue weighted by atomic mass is 32.9. The lowest BCUT2D eigenvalue weighted by atomic mass is 10.2. The SMILES string of the molecule is Cc1ccc(C)cc1.O=S(O)(O)=S.O=S(O)(O)=S. The van der Waals surface area contributed by atoms with Gasteiger partial charge in [0.15, 0.2) is 0 Å². The van der Waals surface area contributed by atoms with Crippen LogP contribution >= 0.6 is 0 Å². The summed E-state index contributed by atoms with van der Waals surface area (Å²) in [5, 5.41) is 0. The van der Waals surface area contributed by atoms with Crippen molar-refractivity contribution in [1.29, 1.82) is 0 Å². The third-order valence-corrected chi connectivity index (χ3v) is 1.22. The number of benzene rings is 1. The normalized spacial score (nSPS) is 10.6. The quantitative estimate of drug-likeness (QED) is 0.566. The van der Waals surface area contributed by atoms with Crippen LogP contribution in [0, 0.1) is 13.8 Å². The summed E-state index contributed by atoms with van der Waals surface area (Å²) in [6.07, 6.45) is 0. The van der Waals surface area contributed by atoms with Crippen molar-refractivity contribution >= 4 is 40.5 Å². The molecule has 0 bridgehead atoms. The van der Waals surface area contributed by atoms with Gasteiger partial charge in [0, 0.05) is 22.4 Å². The number of hydrogen-bond acceptors (Lipinski definition) is 4. The molecule has 10 heteroatoms. The smallest absolute Gasteiger partial charge is 0.263 e. The zero-order chi connectivity index (χ0) is 15.0. The maximum atomic E-state index is 9.11. The highest BCUT2D eigenvalue weighted by Crippen LogP contribution is 1.99. The fraction of sp³-hybridized carbons (Fsp3) is 0.250. The molecule has 0 saturated carbocycles. The molecule has 0 aliphatic rings. The number of rotatable bonds is 0. The van der Waals surface area contributed by atoms with Gasteiger partial charge in [0.1, 0.15) is 0 Å². The molecule has 0 amide bonds. The molecule has 0 saturated heterocycles. The van der Waals surface area contributed by atoms with Crippen molar-refractivity contribution in [3.8, 4) is 0 Å². The van der Waals surface area contributed by atoms with Crippen molar-refractivity contribution in [2.45, 2.75) is 13.8 Å². The molecular weight excluding hydrogens is 320 g/mol. The highest BCUT2D eigenvalue weighted by molar-refractivity contribution is 8.26. The lowest BCUT2D eigenvalue weighted by Crippen LogP contribution is -1.86. The summed E-state index contributed by atoms with van der Waals surface area (Å²) in [4.78, 5) is 0. The molecule has 0 heterocycles. The van der Waals surface area contributed by atoms with Crippen LogP contribution in [0.3, 0.4) is 0 Å². The molecule has 1 rings (SSSR count). The van der Waals surface area contributed by atoms with Crippen LogP contribution in [0.5, 0.6) is 0 Å². The minimum atomic E-state index is -3.83. The van der Waals surface area contributed by atoms with E-state index in [1.807, 2.05) is 0 Å². The number of aryl methyl sites for hydroxylation is 2. The Morgan fingerprint density at radius 1 is 0.778 bits per heavy atom. The van der Waals surface area contributed by atoms with Crippen LogP contribution in [0.15, 0.2) is 24.3 Å². The predicted molar refractivity (Wildman–Crippen MR) is 77.4 cm³/mol. The van der Waals surface area contributed by atoms with Crippen molar-refractivity contribution in [3.05, 3.63) is 35.4 Å². The summed E-state index contributed by atoms with van der Waals surface area (Å²) in [5.41, 5.74) is 2.66. The van der Waals surface area contributed by atoms with Gasteiger partial charge in [-0.05, 0) is 13.8 Å². The summed E-state index contributed by atoms with van der Waals surface area (Å²) in [7, 11) is -7.67. The van der Waals surface area contributed by atoms with Crippen molar-refractivity contribution in [3.63, 3.8) is 0 Å². The Kier molecular flexibility index (Phi) is 9.87. The summed E-state index contributed by atoms with van der Waals surface area (Å²) < 4.78 is 47.9. The topological polar surface area (TPSA) is 115 Å². The first-order chi connectivity index (χ1) is 7.79. The molecule has 0 fully saturated rings. The second-order valence-corrected chi connectivity index (χ2v) is 7.45. The maximum absolute atomic E-state index is 9.11. The van der Waals surface area contributed by atoms with Crippen LogP contribution in [0.25, 0.3) is 0 Å². The first kappa shape index (κ1) is 20.1. The van der Waals surface area contributed by atoms with Crippen LogP contribution in [0.2, 0.25) is 0 Å². The molecular formula is C8H14O6S4. The van der Waals surface area contributed by atoms with Gasteiger partial charge < -0.3 is 0 Å². The highest BCUT2D eigenvalue weighted by Gasteiger charge is 1.80. The minimum absolute atomic E-state index is 1.33. The standard InChI is InChI=1S/C8H10.2H2O3S2/c1-7-3-5-8(2)6-4-7;2*1-5(2,3)4/h3-6H,1-2H3;2*(H2,1,2,3,4). The third kappa shape index (κ3) is 36.0. The molecule has 1 aromatic carbocycles. The van der Waals surface area contributed by atoms with Crippen molar-refractivity contribution < 1.29 is 26.6 Å². The van der Waals surface area contributed by atoms with E-state index < -0.39 is 18.1 Å². The molecule has 18 heavy (non-hydrogen) atoms. The van der Waals surface area contributed by atoms with Crippen molar-refractivity contribution in [2.24, 2.45) is 0 Å². The van der Waals surface area contributed by atoms with E-state index in [0.717, 1.165) is 0 Å². The lowest BCUT2D eigenvalue weighted by Gasteiger charge is -1.90. The van der Waals surface area contributed by atoms with Gasteiger partial charge in [-0.15, -0.1) is 0 Å². The van der Waals surface area contributed by atoms with Crippen LogP contribution in [0.4, 0.5) is 0 Å². The average Bonchev–Trinajstić information content (AvgIpc) is 2.04. The summed E-state index contributed by atoms with van der Waals surface area (Å²) in [6.45, 7) is 4.19. The Hall–Kier alpha value is -0.200. The molecule has 6 nitrogen and oxygen atoms in total. The van der Waals surface area contributed by atoms with E-state index in [9.17, 15) is 0 Å². The molecule has 0 aliphatic carbocycles. The van der Waals surface area contributed by atoms with E-state index in [1.54, 1.807) is 0 Å². The zero-order valence-corrected chi connectivity index (χ0v) is 12.8. The van der Waals surface area contributed by atoms with Gasteiger partial charge in [0.25, 0.3) is 18.1 Å². The van der Waals surface area contributed by atoms with Gasteiger partial charge >= 0.3 is 0 Å². The Bertz CT molecular complexity index is 464. The van der Waals surface area contributed by atoms with Crippen LogP contribution < -0.4 is 0 Å². The van der Waals surface area contributed by atoms with E-state index in [1.165, 1.54) is 11.1 Å². The van der Waals surface area contributed by atoms with E-state index in [4.69, 9.17) is 26.6 Å². The van der Waals surface area contributed by atoms with E-state index in [0.29, 0.717) is 0 Å². The van der Waals surface area contributed by atoms with Crippen molar-refractivity contribution in [1.82, 2.24) is 0 Å². The molecule has 0 aliphatic heterocycles. The molecule has 0 unspecified atom stereocenters. The van der Waals surface area contributed by atoms with Gasteiger partial charge in [-0.2, -0.15) is 8.42 Å². The van der Waals surface area contributed by atoms with E-state index in [-0.39, 0.29) is 0 Å². The monoisotopic (exact) mass is 334 g/mol. The fourth-order valence-corrected chi connectivity index (χ4v) is 0.637. The molecule has 1 aromatic rings. The molecule has 0 radical (unpaired) electrons. The Balaban J connectivity index is 0. The van der Waals surface area contributed by atoms with Gasteiger partial charge in [0.2, 0.25) is 0 Å². The first-order valence-corrected chi connectivity index (χ1v) is 9.01. The molecule has 4 N–H and O–H groups in total. The Morgan fingerprint density at radius 3 is 1.00 bits per heavy atom. The van der Waals surface area contributed by atoms with Crippen LogP contribution in [-0.4, -0.2) is 26.6 Å². The second kappa shape index (κ2) is 8.82. The molecule has 0 aromatic heterocycles. The van der Waals surface area contributed by atoms with Crippen molar-refractivity contribution in [2.75, 3.05) is 0 Å². The van der Waals surface area contributed by atoms with Gasteiger partial charge in [-0.3, -0.25) is 18.2 Å². The lowest BCUT2D eigenvalue weighted by molar-refractivity contribution is 0.448. The fourth-order valence-electron chi connectivity index (χ4n) is 0.637. The predicted octanol–water partition coefficient (Wildman–Crippen LogP) is 1.66. The van der Waals surface area contributed by atoms with Gasteiger partial charge in [0.05, 0.1) is 0 Å². The van der Waals surface area contributed by atoms with Gasteiger partial charge in [-0.25, -0.2) is 0 Å². The second-order valence-electron chi connectivity index (χ2n) is 3.05.